The maximum atomic E-state index is 8.79. The zero-order valence-electron chi connectivity index (χ0n) is 23.3. The zero-order chi connectivity index (χ0) is 28.8. The molecule has 0 saturated carbocycles. The molecule has 42 heavy (non-hydrogen) atoms. The van der Waals surface area contributed by atoms with Crippen LogP contribution in [-0.2, 0) is 0 Å². The summed E-state index contributed by atoms with van der Waals surface area (Å²) in [5.41, 5.74) is 11.4. The van der Waals surface area contributed by atoms with E-state index in [2.05, 4.69) is 62.4 Å². The van der Waals surface area contributed by atoms with Gasteiger partial charge in [0.1, 0.15) is 0 Å². The lowest BCUT2D eigenvalue weighted by molar-refractivity contribution is 1.18. The standard InChI is InChI=1S/C37H27N5/c1-22-8-12-24(13-9-22)31-21-32(42-37(41-31)26-14-10-23(2)11-15-26)27-16-17-28-33(20-27)40-36(25-6-4-3-5-7-25)29-18-19-30(38)35(39)34(28)29/h3-21,38-39H,1-2H3. The Kier molecular flexibility index (Phi) is 6.13. The van der Waals surface area contributed by atoms with Gasteiger partial charge in [0, 0.05) is 38.8 Å². The Morgan fingerprint density at radius 3 is 1.86 bits per heavy atom. The largest absolute Gasteiger partial charge is 0.299 e. The first-order chi connectivity index (χ1) is 20.4. The van der Waals surface area contributed by atoms with Gasteiger partial charge in [-0.1, -0.05) is 102 Å². The van der Waals surface area contributed by atoms with E-state index in [1.54, 1.807) is 6.08 Å². The molecular formula is C37H27N5. The van der Waals surface area contributed by atoms with Crippen molar-refractivity contribution in [3.05, 3.63) is 131 Å². The summed E-state index contributed by atoms with van der Waals surface area (Å²) in [6, 6.07) is 34.8. The summed E-state index contributed by atoms with van der Waals surface area (Å²) in [5.74, 6) is 0.659. The van der Waals surface area contributed by atoms with Crippen molar-refractivity contribution in [2.24, 2.45) is 0 Å². The molecule has 2 N–H and O–H groups in total. The van der Waals surface area contributed by atoms with Gasteiger partial charge in [0.2, 0.25) is 0 Å². The summed E-state index contributed by atoms with van der Waals surface area (Å²) in [6.07, 6.45) is 3.59. The van der Waals surface area contributed by atoms with Crippen LogP contribution in [0, 0.1) is 24.7 Å². The van der Waals surface area contributed by atoms with Crippen LogP contribution in [0.4, 0.5) is 0 Å². The highest BCUT2D eigenvalue weighted by Gasteiger charge is 2.23. The fourth-order valence-corrected chi connectivity index (χ4v) is 5.37. The molecule has 7 rings (SSSR count). The van der Waals surface area contributed by atoms with Crippen molar-refractivity contribution >= 4 is 28.4 Å². The summed E-state index contributed by atoms with van der Waals surface area (Å²) >= 11 is 0. The minimum Gasteiger partial charge on any atom is -0.299 e. The Labute approximate surface area is 244 Å². The third-order valence-electron chi connectivity index (χ3n) is 7.69. The zero-order valence-corrected chi connectivity index (χ0v) is 23.3. The second-order valence-corrected chi connectivity index (χ2v) is 10.7. The van der Waals surface area contributed by atoms with Crippen LogP contribution >= 0.6 is 0 Å². The molecule has 200 valence electrons. The predicted octanol–water partition coefficient (Wildman–Crippen LogP) is 8.72. The Morgan fingerprint density at radius 1 is 0.548 bits per heavy atom. The third-order valence-corrected chi connectivity index (χ3v) is 7.69. The molecule has 0 amide bonds. The Hall–Kier alpha value is -5.55. The second-order valence-electron chi connectivity index (χ2n) is 10.7. The highest BCUT2D eigenvalue weighted by atomic mass is 14.9. The second kappa shape index (κ2) is 10.1. The van der Waals surface area contributed by atoms with Crippen molar-refractivity contribution in [3.63, 3.8) is 0 Å². The van der Waals surface area contributed by atoms with Crippen LogP contribution in [-0.4, -0.2) is 26.4 Å². The summed E-state index contributed by atoms with van der Waals surface area (Å²) < 4.78 is 0. The van der Waals surface area contributed by atoms with E-state index in [4.69, 9.17) is 25.8 Å². The van der Waals surface area contributed by atoms with Gasteiger partial charge < -0.3 is 0 Å². The number of aromatic nitrogens is 3. The number of rotatable bonds is 4. The number of nitrogens with one attached hydrogen (secondary N) is 2. The maximum absolute atomic E-state index is 8.79. The van der Waals surface area contributed by atoms with E-state index in [1.807, 2.05) is 60.7 Å². The molecule has 0 fully saturated rings. The molecule has 2 aromatic heterocycles. The highest BCUT2D eigenvalue weighted by molar-refractivity contribution is 6.54. The maximum Gasteiger partial charge on any atom is 0.160 e. The van der Waals surface area contributed by atoms with Crippen LogP contribution < -0.4 is 0 Å². The van der Waals surface area contributed by atoms with E-state index in [0.29, 0.717) is 5.82 Å². The molecule has 0 saturated heterocycles. The van der Waals surface area contributed by atoms with Crippen molar-refractivity contribution in [2.75, 3.05) is 0 Å². The highest BCUT2D eigenvalue weighted by Crippen LogP contribution is 2.36. The number of nitrogens with zero attached hydrogens (tertiary/aromatic N) is 3. The van der Waals surface area contributed by atoms with Gasteiger partial charge in [0.05, 0.1) is 34.0 Å². The minimum absolute atomic E-state index is 0.194. The van der Waals surface area contributed by atoms with Gasteiger partial charge in [-0.2, -0.15) is 0 Å². The molecule has 1 aliphatic rings. The summed E-state index contributed by atoms with van der Waals surface area (Å²) in [7, 11) is 0. The number of fused-ring (bicyclic) bond motifs is 3. The summed E-state index contributed by atoms with van der Waals surface area (Å²) in [5, 5.41) is 18.0. The van der Waals surface area contributed by atoms with E-state index in [0.717, 1.165) is 61.4 Å². The Balaban J connectivity index is 1.45. The van der Waals surface area contributed by atoms with Gasteiger partial charge in [-0.25, -0.2) is 15.0 Å². The van der Waals surface area contributed by atoms with Crippen molar-refractivity contribution < 1.29 is 0 Å². The first-order valence-corrected chi connectivity index (χ1v) is 13.9. The molecule has 0 spiro atoms. The molecule has 0 aliphatic heterocycles. The average Bonchev–Trinajstić information content (AvgIpc) is 3.03. The fourth-order valence-electron chi connectivity index (χ4n) is 5.37. The lowest BCUT2D eigenvalue weighted by Crippen LogP contribution is -2.17. The van der Waals surface area contributed by atoms with Crippen LogP contribution in [0.5, 0.6) is 0 Å². The van der Waals surface area contributed by atoms with Crippen molar-refractivity contribution in [3.8, 4) is 45.2 Å². The van der Waals surface area contributed by atoms with Gasteiger partial charge in [0.15, 0.2) is 5.82 Å². The van der Waals surface area contributed by atoms with Crippen molar-refractivity contribution in [2.45, 2.75) is 13.8 Å². The Bertz CT molecular complexity index is 1990. The Morgan fingerprint density at radius 2 is 1.17 bits per heavy atom. The molecule has 4 aromatic carbocycles. The molecule has 0 atom stereocenters. The number of hydrogen-bond donors (Lipinski definition) is 2. The quantitative estimate of drug-likeness (QED) is 0.234. The van der Waals surface area contributed by atoms with E-state index in [1.165, 1.54) is 11.1 Å². The third kappa shape index (κ3) is 4.51. The van der Waals surface area contributed by atoms with Crippen LogP contribution in [0.25, 0.3) is 62.1 Å². The number of aryl methyl sites for hydroxylation is 2. The monoisotopic (exact) mass is 541 g/mol. The van der Waals surface area contributed by atoms with E-state index < -0.39 is 0 Å². The lowest BCUT2D eigenvalue weighted by Gasteiger charge is -2.19. The molecule has 0 bridgehead atoms. The van der Waals surface area contributed by atoms with Crippen molar-refractivity contribution in [1.82, 2.24) is 15.0 Å². The summed E-state index contributed by atoms with van der Waals surface area (Å²) in [4.78, 5) is 15.1. The van der Waals surface area contributed by atoms with E-state index in [9.17, 15) is 0 Å². The minimum atomic E-state index is 0.194. The predicted molar refractivity (Wildman–Crippen MR) is 172 cm³/mol. The van der Waals surface area contributed by atoms with Crippen molar-refractivity contribution in [1.29, 1.82) is 10.8 Å². The molecule has 0 radical (unpaired) electrons. The average molecular weight is 542 g/mol. The van der Waals surface area contributed by atoms with Crippen LogP contribution in [0.1, 0.15) is 22.3 Å². The number of benzene rings is 4. The molecule has 5 heteroatoms. The van der Waals surface area contributed by atoms with Gasteiger partial charge in [0.25, 0.3) is 0 Å². The molecular weight excluding hydrogens is 514 g/mol. The van der Waals surface area contributed by atoms with Gasteiger partial charge in [-0.15, -0.1) is 0 Å². The van der Waals surface area contributed by atoms with Gasteiger partial charge in [-0.05, 0) is 38.1 Å². The van der Waals surface area contributed by atoms with Crippen LogP contribution in [0.15, 0.2) is 109 Å². The van der Waals surface area contributed by atoms with Gasteiger partial charge in [-0.3, -0.25) is 10.8 Å². The normalized spacial score (nSPS) is 12.5. The molecule has 2 heterocycles. The van der Waals surface area contributed by atoms with E-state index in [-0.39, 0.29) is 11.4 Å². The first kappa shape index (κ1) is 25.4. The SMILES string of the molecule is Cc1ccc(-c2cc(-c3ccc4c5c(c(-c6ccccc6)nc4c3)C=CC(=N)C5=N)nc(-c3ccc(C)cc3)n2)cc1. The molecule has 5 nitrogen and oxygen atoms in total. The molecule has 0 unspecified atom stereocenters. The van der Waals surface area contributed by atoms with E-state index >= 15 is 0 Å². The number of allylic oxidation sites excluding steroid dienone is 1. The van der Waals surface area contributed by atoms with Crippen LogP contribution in [0.2, 0.25) is 0 Å². The molecule has 1 aliphatic carbocycles. The lowest BCUT2D eigenvalue weighted by atomic mass is 9.87. The topological polar surface area (TPSA) is 86.4 Å². The fraction of sp³-hybridized carbons (Fsp3) is 0.0541. The smallest absolute Gasteiger partial charge is 0.160 e. The number of pyridine rings is 1. The van der Waals surface area contributed by atoms with Crippen LogP contribution in [0.3, 0.4) is 0 Å². The summed E-state index contributed by atoms with van der Waals surface area (Å²) in [6.45, 7) is 4.15. The molecule has 6 aromatic rings. The van der Waals surface area contributed by atoms with Gasteiger partial charge >= 0.3 is 0 Å². The number of hydrogen-bond acceptors (Lipinski definition) is 5. The first-order valence-electron chi connectivity index (χ1n) is 13.9.